The molecule has 5 heteroatoms. The van der Waals surface area contributed by atoms with E-state index in [9.17, 15) is 9.59 Å². The fourth-order valence-electron chi connectivity index (χ4n) is 1.55. The summed E-state index contributed by atoms with van der Waals surface area (Å²) in [5.74, 6) is -0.785. The highest BCUT2D eigenvalue weighted by molar-refractivity contribution is 5.99. The molecule has 1 aromatic heterocycles. The molecule has 1 heterocycles. The summed E-state index contributed by atoms with van der Waals surface area (Å²) in [7, 11) is 1.28. The molecule has 0 spiro atoms. The molecule has 18 heavy (non-hydrogen) atoms. The van der Waals surface area contributed by atoms with Crippen LogP contribution in [0.2, 0.25) is 0 Å². The lowest BCUT2D eigenvalue weighted by atomic mass is 10.1. The van der Waals surface area contributed by atoms with E-state index in [4.69, 9.17) is 0 Å². The molecule has 1 aromatic carbocycles. The van der Waals surface area contributed by atoms with E-state index in [1.165, 1.54) is 7.11 Å². The number of nitrogens with zero attached hydrogens (tertiary/aromatic N) is 1. The third kappa shape index (κ3) is 2.63. The number of methoxy groups -OCH3 is 1. The highest BCUT2D eigenvalue weighted by Crippen LogP contribution is 2.14. The first-order valence-electron chi connectivity index (χ1n) is 5.39. The summed E-state index contributed by atoms with van der Waals surface area (Å²) in [5.41, 5.74) is 0.498. The first-order valence-corrected chi connectivity index (χ1v) is 5.39. The van der Waals surface area contributed by atoms with Gasteiger partial charge >= 0.3 is 5.97 Å². The molecular formula is C13H12N2O3. The van der Waals surface area contributed by atoms with Crippen molar-refractivity contribution in [2.24, 2.45) is 0 Å². The number of rotatable bonds is 3. The normalized spacial score (nSPS) is 10.1. The fourth-order valence-corrected chi connectivity index (χ4v) is 1.55. The summed E-state index contributed by atoms with van der Waals surface area (Å²) >= 11 is 0. The third-order valence-corrected chi connectivity index (χ3v) is 2.52. The highest BCUT2D eigenvalue weighted by atomic mass is 16.5. The molecule has 0 radical (unpaired) electrons. The summed E-state index contributed by atoms with van der Waals surface area (Å²) < 4.78 is 4.44. The van der Waals surface area contributed by atoms with E-state index >= 15 is 0 Å². The van der Waals surface area contributed by atoms with Crippen molar-refractivity contribution in [3.63, 3.8) is 0 Å². The van der Waals surface area contributed by atoms with Crippen molar-refractivity contribution < 1.29 is 14.3 Å². The number of hydrogen-bond acceptors (Lipinski definition) is 4. The van der Waals surface area contributed by atoms with Crippen LogP contribution in [0.4, 0.5) is 0 Å². The Hall–Kier alpha value is -2.43. The zero-order chi connectivity index (χ0) is 13.0. The van der Waals surface area contributed by atoms with Gasteiger partial charge in [-0.2, -0.15) is 0 Å². The van der Waals surface area contributed by atoms with E-state index < -0.39 is 5.97 Å². The van der Waals surface area contributed by atoms with Crippen molar-refractivity contribution in [2.75, 3.05) is 13.7 Å². The second-order valence-electron chi connectivity index (χ2n) is 3.70. The van der Waals surface area contributed by atoms with Crippen molar-refractivity contribution in [2.45, 2.75) is 0 Å². The molecule has 0 aliphatic carbocycles. The number of aromatic nitrogens is 1. The molecule has 2 rings (SSSR count). The van der Waals surface area contributed by atoms with Gasteiger partial charge in [-0.05, 0) is 23.6 Å². The van der Waals surface area contributed by atoms with Crippen molar-refractivity contribution >= 4 is 22.6 Å². The number of carbonyl (C=O) groups excluding carboxylic acids is 2. The number of esters is 1. The first-order chi connectivity index (χ1) is 8.70. The van der Waals surface area contributed by atoms with Gasteiger partial charge in [-0.25, -0.2) is 0 Å². The Morgan fingerprint density at radius 3 is 2.89 bits per heavy atom. The standard InChI is InChI=1S/C13H12N2O3/c1-18-12(16)8-15-13(17)10-2-3-11-7-14-5-4-9(11)6-10/h2-7H,8H2,1H3,(H,15,17). The minimum atomic E-state index is -0.478. The van der Waals surface area contributed by atoms with Crippen molar-refractivity contribution in [3.05, 3.63) is 42.2 Å². The molecule has 0 saturated heterocycles. The second-order valence-corrected chi connectivity index (χ2v) is 3.70. The zero-order valence-corrected chi connectivity index (χ0v) is 9.84. The molecule has 1 N–H and O–H groups in total. The van der Waals surface area contributed by atoms with Crippen LogP contribution in [0, 0.1) is 0 Å². The van der Waals surface area contributed by atoms with Gasteiger partial charge in [-0.1, -0.05) is 6.07 Å². The Kier molecular flexibility index (Phi) is 3.52. The van der Waals surface area contributed by atoms with Gasteiger partial charge in [0.1, 0.15) is 6.54 Å². The number of hydrogen-bond donors (Lipinski definition) is 1. The number of carbonyl (C=O) groups is 2. The monoisotopic (exact) mass is 244 g/mol. The van der Waals surface area contributed by atoms with E-state index in [0.717, 1.165) is 10.8 Å². The van der Waals surface area contributed by atoms with E-state index in [2.05, 4.69) is 15.0 Å². The molecule has 0 saturated carbocycles. The van der Waals surface area contributed by atoms with Crippen molar-refractivity contribution in [3.8, 4) is 0 Å². The molecular weight excluding hydrogens is 232 g/mol. The molecule has 0 bridgehead atoms. The Bertz CT molecular complexity index is 596. The molecule has 92 valence electrons. The Morgan fingerprint density at radius 1 is 1.28 bits per heavy atom. The van der Waals surface area contributed by atoms with E-state index in [0.29, 0.717) is 5.56 Å². The fraction of sp³-hybridized carbons (Fsp3) is 0.154. The summed E-state index contributed by atoms with van der Waals surface area (Å²) in [4.78, 5) is 26.7. The molecule has 0 aliphatic rings. The molecule has 0 aliphatic heterocycles. The average molecular weight is 244 g/mol. The lowest BCUT2D eigenvalue weighted by Gasteiger charge is -2.05. The van der Waals surface area contributed by atoms with Gasteiger partial charge in [0, 0.05) is 23.3 Å². The van der Waals surface area contributed by atoms with Crippen LogP contribution in [-0.4, -0.2) is 30.5 Å². The summed E-state index contributed by atoms with van der Waals surface area (Å²) in [6.07, 6.45) is 3.39. The quantitative estimate of drug-likeness (QED) is 0.822. The molecule has 0 fully saturated rings. The van der Waals surface area contributed by atoms with E-state index in [1.807, 2.05) is 12.1 Å². The lowest BCUT2D eigenvalue weighted by molar-refractivity contribution is -0.139. The maximum Gasteiger partial charge on any atom is 0.325 e. The van der Waals surface area contributed by atoms with Gasteiger partial charge in [0.25, 0.3) is 5.91 Å². The molecule has 0 atom stereocenters. The second kappa shape index (κ2) is 5.27. The van der Waals surface area contributed by atoms with Crippen LogP contribution < -0.4 is 5.32 Å². The van der Waals surface area contributed by atoms with Crippen LogP contribution >= 0.6 is 0 Å². The van der Waals surface area contributed by atoms with E-state index in [-0.39, 0.29) is 12.5 Å². The summed E-state index contributed by atoms with van der Waals surface area (Å²) in [6.45, 7) is -0.135. The van der Waals surface area contributed by atoms with Gasteiger partial charge in [-0.15, -0.1) is 0 Å². The predicted molar refractivity (Wildman–Crippen MR) is 66.1 cm³/mol. The Labute approximate surface area is 104 Å². The number of ether oxygens (including phenoxy) is 1. The predicted octanol–water partition coefficient (Wildman–Crippen LogP) is 1.14. The lowest BCUT2D eigenvalue weighted by Crippen LogP contribution is -2.30. The topological polar surface area (TPSA) is 68.3 Å². The first kappa shape index (κ1) is 12.0. The Morgan fingerprint density at radius 2 is 2.11 bits per heavy atom. The number of amides is 1. The van der Waals surface area contributed by atoms with E-state index in [1.54, 1.807) is 24.5 Å². The average Bonchev–Trinajstić information content (AvgIpc) is 2.43. The van der Waals surface area contributed by atoms with Crippen LogP contribution in [0.5, 0.6) is 0 Å². The minimum Gasteiger partial charge on any atom is -0.468 e. The largest absolute Gasteiger partial charge is 0.468 e. The van der Waals surface area contributed by atoms with Crippen molar-refractivity contribution in [1.82, 2.24) is 10.3 Å². The smallest absolute Gasteiger partial charge is 0.325 e. The number of benzene rings is 1. The maximum atomic E-state index is 11.8. The highest BCUT2D eigenvalue weighted by Gasteiger charge is 2.08. The van der Waals surface area contributed by atoms with Gasteiger partial charge in [0.2, 0.25) is 0 Å². The van der Waals surface area contributed by atoms with Gasteiger partial charge in [0.05, 0.1) is 7.11 Å². The summed E-state index contributed by atoms with van der Waals surface area (Å²) in [6, 6.07) is 7.09. The maximum absolute atomic E-state index is 11.8. The van der Waals surface area contributed by atoms with Crippen LogP contribution in [0.25, 0.3) is 10.8 Å². The van der Waals surface area contributed by atoms with Crippen LogP contribution in [0.1, 0.15) is 10.4 Å². The van der Waals surface area contributed by atoms with Gasteiger partial charge in [-0.3, -0.25) is 14.6 Å². The van der Waals surface area contributed by atoms with Crippen LogP contribution in [0.15, 0.2) is 36.7 Å². The number of pyridine rings is 1. The van der Waals surface area contributed by atoms with Gasteiger partial charge in [0.15, 0.2) is 0 Å². The molecule has 2 aromatic rings. The zero-order valence-electron chi connectivity index (χ0n) is 9.84. The van der Waals surface area contributed by atoms with Crippen molar-refractivity contribution in [1.29, 1.82) is 0 Å². The SMILES string of the molecule is COC(=O)CNC(=O)c1ccc2cnccc2c1. The molecule has 0 unspecified atom stereocenters. The van der Waals surface area contributed by atoms with Gasteiger partial charge < -0.3 is 10.1 Å². The third-order valence-electron chi connectivity index (χ3n) is 2.52. The molecule has 5 nitrogen and oxygen atoms in total. The summed E-state index contributed by atoms with van der Waals surface area (Å²) in [5, 5.41) is 4.37. The van der Waals surface area contributed by atoms with Crippen LogP contribution in [0.3, 0.4) is 0 Å². The molecule has 1 amide bonds. The Balaban J connectivity index is 2.15. The van der Waals surface area contributed by atoms with Crippen LogP contribution in [-0.2, 0) is 9.53 Å². The minimum absolute atomic E-state index is 0.135. The number of nitrogens with one attached hydrogen (secondary N) is 1. The number of fused-ring (bicyclic) bond motifs is 1.